The summed E-state index contributed by atoms with van der Waals surface area (Å²) in [7, 11) is -16.6. The van der Waals surface area contributed by atoms with Crippen molar-refractivity contribution in [2.45, 2.75) is 78.2 Å². The van der Waals surface area contributed by atoms with Crippen molar-refractivity contribution in [1.29, 1.82) is 0 Å². The number of aliphatic carboxylic acids is 3. The van der Waals surface area contributed by atoms with E-state index in [0.29, 0.717) is 0 Å². The van der Waals surface area contributed by atoms with Crippen LogP contribution in [-0.2, 0) is 69.4 Å². The molecule has 1 saturated carbocycles. The third-order valence-electron chi connectivity index (χ3n) is 5.63. The fraction of sp³-hybridized carbons (Fsp3) is 0.875. The molecule has 1 fully saturated rings. The highest BCUT2D eigenvalue weighted by molar-refractivity contribution is 7.48. The molecule has 9 atom stereocenters. The second-order valence-electron chi connectivity index (χ2n) is 11.7. The molecule has 0 radical (unpaired) electrons. The van der Waals surface area contributed by atoms with Crippen LogP contribution in [0.15, 0.2) is 0 Å². The van der Waals surface area contributed by atoms with E-state index in [2.05, 4.69) is 13.6 Å². The minimum Gasteiger partial charge on any atom is -0.480 e. The smallest absolute Gasteiger partial charge is 0.473 e. The molecule has 5 unspecified atom stereocenters. The van der Waals surface area contributed by atoms with Crippen molar-refractivity contribution in [2.75, 3.05) is 39.6 Å². The van der Waals surface area contributed by atoms with Gasteiger partial charge in [-0.1, -0.05) is 41.5 Å². The highest BCUT2D eigenvalue weighted by atomic mass is 31.2. The van der Waals surface area contributed by atoms with Gasteiger partial charge in [-0.15, -0.1) is 0 Å². The first-order chi connectivity index (χ1) is 21.9. The molecule has 48 heavy (non-hydrogen) atoms. The van der Waals surface area contributed by atoms with Crippen LogP contribution in [-0.4, -0.2) is 124 Å². The summed E-state index contributed by atoms with van der Waals surface area (Å²) in [5.74, 6) is -5.79. The Hall–Kier alpha value is -1.38. The van der Waals surface area contributed by atoms with Gasteiger partial charge in [-0.25, -0.2) is 28.1 Å². The summed E-state index contributed by atoms with van der Waals surface area (Å²) >= 11 is 0. The normalized spacial score (nSPS) is 27.0. The lowest BCUT2D eigenvalue weighted by molar-refractivity contribution is -0.252. The summed E-state index contributed by atoms with van der Waals surface area (Å²) in [6.07, 6.45) is -11.6. The van der Waals surface area contributed by atoms with Gasteiger partial charge in [0, 0.05) is 19.8 Å². The molecule has 1 aliphatic carbocycles. The number of ether oxygens (including phenoxy) is 3. The number of carboxylic acid groups (broad SMARTS) is 3. The Morgan fingerprint density at radius 2 is 0.688 bits per heavy atom. The van der Waals surface area contributed by atoms with Gasteiger partial charge in [0.15, 0.2) is 19.8 Å². The first kappa shape index (κ1) is 44.6. The molecule has 0 aromatic rings. The van der Waals surface area contributed by atoms with E-state index >= 15 is 0 Å². The van der Waals surface area contributed by atoms with Crippen LogP contribution < -0.4 is 0 Å². The molecule has 282 valence electrons. The van der Waals surface area contributed by atoms with Gasteiger partial charge in [0.05, 0.1) is 0 Å². The van der Waals surface area contributed by atoms with Gasteiger partial charge in [0.2, 0.25) is 0 Å². The molecule has 24 heteroatoms. The van der Waals surface area contributed by atoms with Crippen molar-refractivity contribution in [2.24, 2.45) is 17.8 Å². The van der Waals surface area contributed by atoms with Crippen molar-refractivity contribution in [1.82, 2.24) is 0 Å². The zero-order chi connectivity index (χ0) is 37.0. The molecule has 0 aromatic heterocycles. The second kappa shape index (κ2) is 19.9. The van der Waals surface area contributed by atoms with E-state index in [1.807, 2.05) is 0 Å². The summed E-state index contributed by atoms with van der Waals surface area (Å²) in [4.78, 5) is 64.7. The molecule has 6 N–H and O–H groups in total. The fourth-order valence-corrected chi connectivity index (χ4v) is 6.57. The van der Waals surface area contributed by atoms with Gasteiger partial charge in [-0.3, -0.25) is 27.1 Å². The van der Waals surface area contributed by atoms with Crippen LogP contribution >= 0.6 is 23.5 Å². The SMILES string of the molecule is CC(C)COC1[C@@H](OCC(C)C)[C@H](OP(=O)(O)OCC(=O)O)C(OP(=O)(O)OCC(=O)O)[C@@H](OP(=O)(O)OCC(=O)O)[C@H]1OCC(C)C. The molecule has 0 bridgehead atoms. The number of hydrogen-bond donors (Lipinski definition) is 6. The molecular formula is C24H45O21P3. The largest absolute Gasteiger partial charge is 0.480 e. The lowest BCUT2D eigenvalue weighted by Crippen LogP contribution is -2.67. The predicted molar refractivity (Wildman–Crippen MR) is 159 cm³/mol. The average Bonchev–Trinajstić information content (AvgIpc) is 2.93. The third-order valence-corrected chi connectivity index (χ3v) is 8.52. The number of hydrogen-bond acceptors (Lipinski definition) is 15. The number of carboxylic acids is 3. The van der Waals surface area contributed by atoms with Gasteiger partial charge in [-0.2, -0.15) is 0 Å². The maximum Gasteiger partial charge on any atom is 0.473 e. The Balaban J connectivity index is 4.05. The summed E-state index contributed by atoms with van der Waals surface area (Å²) in [6, 6.07) is 0. The first-order valence-electron chi connectivity index (χ1n) is 14.4. The Kier molecular flexibility index (Phi) is 18.5. The minimum absolute atomic E-state index is 0.0719. The first-order valence-corrected chi connectivity index (χ1v) is 18.9. The Morgan fingerprint density at radius 1 is 0.479 bits per heavy atom. The van der Waals surface area contributed by atoms with Crippen LogP contribution in [0.25, 0.3) is 0 Å². The van der Waals surface area contributed by atoms with Gasteiger partial charge in [0.1, 0.15) is 36.6 Å². The summed E-state index contributed by atoms with van der Waals surface area (Å²) < 4.78 is 86.3. The van der Waals surface area contributed by atoms with Crippen LogP contribution in [0, 0.1) is 17.8 Å². The monoisotopic (exact) mass is 762 g/mol. The van der Waals surface area contributed by atoms with Gasteiger partial charge < -0.3 is 44.2 Å². The summed E-state index contributed by atoms with van der Waals surface area (Å²) in [5, 5.41) is 26.9. The van der Waals surface area contributed by atoms with Crippen molar-refractivity contribution >= 4 is 41.4 Å². The van der Waals surface area contributed by atoms with Gasteiger partial charge >= 0.3 is 41.4 Å². The standard InChI is InChI=1S/C24H45O21P3/c1-13(2)7-37-19-20(38-8-14(3)4)22(43-46(31,32)40-10-16(25)26)24(45-48(35,36)42-12-18(29)30)23(21(19)39-9-15(5)6)44-47(33,34)41-11-17(27)28/h13-15,19-24H,7-12H2,1-6H3,(H,25,26)(H,27,28)(H,29,30)(H,31,32)(H,33,34)(H,35,36)/t19?,20-,21+,22-,23-,24?/m0/s1. The molecule has 0 aromatic carbocycles. The van der Waals surface area contributed by atoms with E-state index in [9.17, 15) is 42.8 Å². The number of carbonyl (C=O) groups is 3. The van der Waals surface area contributed by atoms with Crippen LogP contribution in [0.4, 0.5) is 0 Å². The van der Waals surface area contributed by atoms with Crippen molar-refractivity contribution < 1.29 is 99.4 Å². The van der Waals surface area contributed by atoms with Crippen LogP contribution in [0.3, 0.4) is 0 Å². The van der Waals surface area contributed by atoms with Crippen LogP contribution in [0.2, 0.25) is 0 Å². The lowest BCUT2D eigenvalue weighted by atomic mass is 9.84. The molecular weight excluding hydrogens is 717 g/mol. The molecule has 0 heterocycles. The topological polar surface area (TPSA) is 307 Å². The number of phosphoric acid groups is 3. The zero-order valence-corrected chi connectivity index (χ0v) is 29.8. The Bertz CT molecular complexity index is 1130. The zero-order valence-electron chi connectivity index (χ0n) is 27.1. The third kappa shape index (κ3) is 17.0. The fourth-order valence-electron chi connectivity index (χ4n) is 3.92. The van der Waals surface area contributed by atoms with Crippen LogP contribution in [0.1, 0.15) is 41.5 Å². The number of phosphoric ester groups is 3. The predicted octanol–water partition coefficient (Wildman–Crippen LogP) is 1.88. The van der Waals surface area contributed by atoms with Gasteiger partial charge in [0.25, 0.3) is 0 Å². The van der Waals surface area contributed by atoms with Crippen molar-refractivity contribution in [3.63, 3.8) is 0 Å². The van der Waals surface area contributed by atoms with E-state index in [0.717, 1.165) is 0 Å². The highest BCUT2D eigenvalue weighted by Crippen LogP contribution is 2.55. The average molecular weight is 763 g/mol. The molecule has 0 amide bonds. The van der Waals surface area contributed by atoms with E-state index in [-0.39, 0.29) is 37.6 Å². The maximum atomic E-state index is 13.0. The van der Waals surface area contributed by atoms with Crippen molar-refractivity contribution in [3.8, 4) is 0 Å². The summed E-state index contributed by atoms with van der Waals surface area (Å²) in [5.41, 5.74) is 0. The lowest BCUT2D eigenvalue weighted by Gasteiger charge is -2.49. The van der Waals surface area contributed by atoms with Gasteiger partial charge in [-0.05, 0) is 17.8 Å². The molecule has 1 rings (SSSR count). The molecule has 21 nitrogen and oxygen atoms in total. The number of rotatable bonds is 24. The Morgan fingerprint density at radius 3 is 0.896 bits per heavy atom. The molecule has 0 aliphatic heterocycles. The quantitative estimate of drug-likeness (QED) is 0.0765. The second-order valence-corrected chi connectivity index (χ2v) is 15.9. The molecule has 0 spiro atoms. The minimum atomic E-state index is -5.57. The van der Waals surface area contributed by atoms with E-state index in [1.54, 1.807) is 41.5 Å². The van der Waals surface area contributed by atoms with Crippen molar-refractivity contribution in [3.05, 3.63) is 0 Å². The van der Waals surface area contributed by atoms with E-state index in [1.165, 1.54) is 0 Å². The maximum absolute atomic E-state index is 13.0. The van der Waals surface area contributed by atoms with Crippen LogP contribution in [0.5, 0.6) is 0 Å². The van der Waals surface area contributed by atoms with E-state index < -0.39 is 97.8 Å². The van der Waals surface area contributed by atoms with E-state index in [4.69, 9.17) is 43.1 Å². The summed E-state index contributed by atoms with van der Waals surface area (Å²) in [6.45, 7) is 5.85. The highest BCUT2D eigenvalue weighted by Gasteiger charge is 2.60. The molecule has 1 aliphatic rings. The molecule has 0 saturated heterocycles. The Labute approximate surface area is 276 Å².